The summed E-state index contributed by atoms with van der Waals surface area (Å²) in [7, 11) is 1.64. The third kappa shape index (κ3) is 5.42. The second-order valence-electron chi connectivity index (χ2n) is 8.32. The van der Waals surface area contributed by atoms with Crippen molar-refractivity contribution in [1.29, 1.82) is 0 Å². The summed E-state index contributed by atoms with van der Waals surface area (Å²) in [5.74, 6) is 0.0852. The molecule has 1 aliphatic carbocycles. The van der Waals surface area contributed by atoms with E-state index in [4.69, 9.17) is 9.72 Å². The third-order valence-electron chi connectivity index (χ3n) is 5.82. The number of methoxy groups -OCH3 is 1. The smallest absolute Gasteiger partial charge is 0.263 e. The number of ether oxygens (including phenoxy) is 1. The number of thiophene rings is 1. The Kier molecular flexibility index (Phi) is 8.18. The van der Waals surface area contributed by atoms with Gasteiger partial charge in [0.2, 0.25) is 5.91 Å². The average molecular weight is 500 g/mol. The minimum Gasteiger partial charge on any atom is -0.385 e. The number of ketones is 1. The zero-order valence-corrected chi connectivity index (χ0v) is 21.2. The normalized spacial score (nSPS) is 12.8. The summed E-state index contributed by atoms with van der Waals surface area (Å²) >= 11 is 2.91. The first-order valence-corrected chi connectivity index (χ1v) is 13.4. The lowest BCUT2D eigenvalue weighted by atomic mass is 10.1. The number of nitrogens with zero attached hydrogens (tertiary/aromatic N) is 2. The highest BCUT2D eigenvalue weighted by Gasteiger charge is 2.23. The topological polar surface area (TPSA) is 90.3 Å². The average Bonchev–Trinajstić information content (AvgIpc) is 3.41. The zero-order chi connectivity index (χ0) is 24.1. The van der Waals surface area contributed by atoms with Crippen molar-refractivity contribution < 1.29 is 14.3 Å². The molecule has 9 heteroatoms. The summed E-state index contributed by atoms with van der Waals surface area (Å²) in [5, 5.41) is 4.16. The number of carbonyl (C=O) groups excluding carboxylic acids is 2. The summed E-state index contributed by atoms with van der Waals surface area (Å²) in [5.41, 5.74) is 2.39. The molecule has 4 rings (SSSR count). The number of anilines is 1. The Morgan fingerprint density at radius 3 is 2.76 bits per heavy atom. The fourth-order valence-corrected chi connectivity index (χ4v) is 6.36. The zero-order valence-electron chi connectivity index (χ0n) is 19.5. The molecule has 0 saturated heterocycles. The van der Waals surface area contributed by atoms with Crippen molar-refractivity contribution in [3.8, 4) is 0 Å². The molecule has 0 spiro atoms. The van der Waals surface area contributed by atoms with Crippen LogP contribution in [0.5, 0.6) is 0 Å². The van der Waals surface area contributed by atoms with Gasteiger partial charge in [-0.05, 0) is 61.9 Å². The Balaban J connectivity index is 1.52. The molecule has 0 bridgehead atoms. The molecule has 0 atom stereocenters. The number of rotatable bonds is 11. The van der Waals surface area contributed by atoms with Gasteiger partial charge in [0.1, 0.15) is 4.83 Å². The number of Topliss-reactive ketones (excluding diaryl/α,β-unsaturated/α-hetero) is 1. The van der Waals surface area contributed by atoms with E-state index in [9.17, 15) is 14.4 Å². The van der Waals surface area contributed by atoms with E-state index >= 15 is 0 Å². The van der Waals surface area contributed by atoms with Crippen molar-refractivity contribution >= 4 is 50.7 Å². The van der Waals surface area contributed by atoms with Gasteiger partial charge < -0.3 is 10.1 Å². The number of thioether (sulfide) groups is 1. The van der Waals surface area contributed by atoms with Crippen LogP contribution in [-0.2, 0) is 28.9 Å². The first kappa shape index (κ1) is 24.6. The van der Waals surface area contributed by atoms with Crippen LogP contribution in [-0.4, -0.2) is 40.7 Å². The first-order chi connectivity index (χ1) is 16.5. The van der Waals surface area contributed by atoms with Gasteiger partial charge in [-0.1, -0.05) is 18.7 Å². The summed E-state index contributed by atoms with van der Waals surface area (Å²) in [6, 6.07) is 6.92. The second-order valence-corrected chi connectivity index (χ2v) is 10.3. The molecule has 2 aromatic heterocycles. The third-order valence-corrected chi connectivity index (χ3v) is 7.98. The van der Waals surface area contributed by atoms with Crippen molar-refractivity contribution in [2.24, 2.45) is 0 Å². The van der Waals surface area contributed by atoms with Crippen LogP contribution < -0.4 is 10.9 Å². The fourth-order valence-electron chi connectivity index (χ4n) is 4.14. The molecule has 0 aliphatic heterocycles. The number of hydrogen-bond acceptors (Lipinski definition) is 7. The summed E-state index contributed by atoms with van der Waals surface area (Å²) in [6.45, 7) is 3.01. The van der Waals surface area contributed by atoms with E-state index in [1.54, 1.807) is 47.3 Å². The number of amides is 1. The van der Waals surface area contributed by atoms with E-state index in [1.165, 1.54) is 16.6 Å². The summed E-state index contributed by atoms with van der Waals surface area (Å²) < 4.78 is 6.88. The van der Waals surface area contributed by atoms with Gasteiger partial charge in [0.25, 0.3) is 5.56 Å². The molecule has 1 N–H and O–H groups in total. The van der Waals surface area contributed by atoms with Gasteiger partial charge in [-0.25, -0.2) is 4.98 Å². The van der Waals surface area contributed by atoms with E-state index in [-0.39, 0.29) is 23.0 Å². The van der Waals surface area contributed by atoms with E-state index in [0.29, 0.717) is 42.4 Å². The van der Waals surface area contributed by atoms with Gasteiger partial charge in [-0.15, -0.1) is 11.3 Å². The van der Waals surface area contributed by atoms with Gasteiger partial charge in [0.15, 0.2) is 10.9 Å². The molecule has 180 valence electrons. The number of aryl methyl sites for hydroxylation is 2. The molecular weight excluding hydrogens is 470 g/mol. The summed E-state index contributed by atoms with van der Waals surface area (Å²) in [4.78, 5) is 44.9. The molecule has 0 unspecified atom stereocenters. The highest BCUT2D eigenvalue weighted by molar-refractivity contribution is 7.99. The Labute approximate surface area is 206 Å². The van der Waals surface area contributed by atoms with Gasteiger partial charge in [-0.2, -0.15) is 0 Å². The van der Waals surface area contributed by atoms with Crippen LogP contribution in [0.2, 0.25) is 0 Å². The molecule has 1 aromatic carbocycles. The highest BCUT2D eigenvalue weighted by Crippen LogP contribution is 2.35. The molecule has 2 heterocycles. The molecule has 1 aliphatic rings. The second kappa shape index (κ2) is 11.3. The number of aromatic nitrogens is 2. The van der Waals surface area contributed by atoms with Gasteiger partial charge in [-0.3, -0.25) is 19.0 Å². The lowest BCUT2D eigenvalue weighted by Crippen LogP contribution is -2.24. The number of nitrogens with one attached hydrogen (secondary N) is 1. The maximum atomic E-state index is 13.4. The van der Waals surface area contributed by atoms with Crippen LogP contribution in [0.4, 0.5) is 5.69 Å². The Morgan fingerprint density at radius 1 is 1.24 bits per heavy atom. The van der Waals surface area contributed by atoms with E-state index in [0.717, 1.165) is 41.5 Å². The maximum absolute atomic E-state index is 13.4. The maximum Gasteiger partial charge on any atom is 0.263 e. The van der Waals surface area contributed by atoms with Gasteiger partial charge in [0.05, 0.1) is 11.1 Å². The minimum atomic E-state index is -0.0529. The molecule has 3 aromatic rings. The highest BCUT2D eigenvalue weighted by atomic mass is 32.2. The Morgan fingerprint density at radius 2 is 2.03 bits per heavy atom. The predicted octanol–water partition coefficient (Wildman–Crippen LogP) is 4.70. The van der Waals surface area contributed by atoms with Crippen LogP contribution in [0.3, 0.4) is 0 Å². The lowest BCUT2D eigenvalue weighted by Gasteiger charge is -2.12. The largest absolute Gasteiger partial charge is 0.385 e. The molecule has 7 nitrogen and oxygen atoms in total. The molecular formula is C25H29N3O4S2. The van der Waals surface area contributed by atoms with Crippen molar-refractivity contribution in [2.75, 3.05) is 24.8 Å². The monoisotopic (exact) mass is 499 g/mol. The fraction of sp³-hybridized carbons (Fsp3) is 0.440. The molecule has 0 fully saturated rings. The quantitative estimate of drug-likeness (QED) is 0.178. The number of benzene rings is 1. The van der Waals surface area contributed by atoms with Crippen LogP contribution in [0, 0.1) is 0 Å². The first-order valence-electron chi connectivity index (χ1n) is 11.6. The number of carbonyl (C=O) groups is 2. The molecule has 0 saturated carbocycles. The molecule has 0 radical (unpaired) electrons. The van der Waals surface area contributed by atoms with Crippen molar-refractivity contribution in [3.63, 3.8) is 0 Å². The minimum absolute atomic E-state index is 0.0115. The Bertz CT molecular complexity index is 1250. The molecule has 34 heavy (non-hydrogen) atoms. The number of fused-ring (bicyclic) bond motifs is 3. The van der Waals surface area contributed by atoms with Crippen LogP contribution in [0.25, 0.3) is 10.2 Å². The van der Waals surface area contributed by atoms with Crippen molar-refractivity contribution in [2.45, 2.75) is 57.1 Å². The van der Waals surface area contributed by atoms with Crippen LogP contribution in [0.15, 0.2) is 34.2 Å². The predicted molar refractivity (Wildman–Crippen MR) is 137 cm³/mol. The van der Waals surface area contributed by atoms with E-state index in [2.05, 4.69) is 5.32 Å². The SMILES string of the molecule is CCCC(=O)Nc1ccc(C(=O)CSc2nc3sc4c(c3c(=O)n2CCCOC)CCC4)cc1. The summed E-state index contributed by atoms with van der Waals surface area (Å²) in [6.07, 6.45) is 4.98. The van der Waals surface area contributed by atoms with Gasteiger partial charge in [0, 0.05) is 42.8 Å². The molecule has 1 amide bonds. The number of hydrogen-bond donors (Lipinski definition) is 1. The standard InChI is InChI=1S/C25H29N3O4S2/c1-3-6-21(30)26-17-11-9-16(10-12-17)19(29)15-33-25-27-23-22(18-7-4-8-20(18)34-23)24(31)28(25)13-5-14-32-2/h9-12H,3-8,13-15H2,1-2H3,(H,26,30). The van der Waals surface area contributed by atoms with Crippen LogP contribution >= 0.6 is 23.1 Å². The van der Waals surface area contributed by atoms with E-state index < -0.39 is 0 Å². The van der Waals surface area contributed by atoms with Gasteiger partial charge >= 0.3 is 0 Å². The van der Waals surface area contributed by atoms with Crippen LogP contribution in [0.1, 0.15) is 53.4 Å². The Hall–Kier alpha value is -2.49. The lowest BCUT2D eigenvalue weighted by molar-refractivity contribution is -0.116. The van der Waals surface area contributed by atoms with Crippen molar-refractivity contribution in [3.05, 3.63) is 50.6 Å². The van der Waals surface area contributed by atoms with Crippen molar-refractivity contribution in [1.82, 2.24) is 9.55 Å². The van der Waals surface area contributed by atoms with E-state index in [1.807, 2.05) is 6.92 Å².